The average Bonchev–Trinajstić information content (AvgIpc) is 3.35. The van der Waals surface area contributed by atoms with E-state index in [1.165, 1.54) is 64.2 Å². The van der Waals surface area contributed by atoms with E-state index >= 15 is 0 Å². The molecule has 2 saturated heterocycles. The summed E-state index contributed by atoms with van der Waals surface area (Å²) in [7, 11) is 2.20. The van der Waals surface area contributed by atoms with Crippen molar-refractivity contribution in [3.05, 3.63) is 23.2 Å². The molecule has 1 N–H and O–H groups in total. The number of anilines is 1. The molecule has 0 radical (unpaired) electrons. The minimum absolute atomic E-state index is 0.773. The number of hydrogen-bond acceptors (Lipinski definition) is 5. The number of aromatic nitrogens is 2. The van der Waals surface area contributed by atoms with E-state index in [-0.39, 0.29) is 0 Å². The Morgan fingerprint density at radius 2 is 1.66 bits per heavy atom. The maximum atomic E-state index is 6.28. The zero-order valence-electron chi connectivity index (χ0n) is 17.7. The number of likely N-dealkylation sites (tertiary alicyclic amines) is 1. The monoisotopic (exact) mass is 418 g/mol. The fraction of sp³-hybridized carbons (Fsp3) is 0.682. The van der Waals surface area contributed by atoms with Crippen LogP contribution in [0.5, 0.6) is 0 Å². The van der Waals surface area contributed by atoms with Gasteiger partial charge < -0.3 is 20.0 Å². The second-order valence-electron chi connectivity index (χ2n) is 8.56. The van der Waals surface area contributed by atoms with Crippen molar-refractivity contribution in [2.75, 3.05) is 71.3 Å². The van der Waals surface area contributed by atoms with Crippen molar-refractivity contribution in [1.29, 1.82) is 0 Å². The molecular weight excluding hydrogens is 384 g/mol. The molecule has 2 aliphatic rings. The van der Waals surface area contributed by atoms with Crippen LogP contribution in [0.1, 0.15) is 25.7 Å². The molecule has 2 aliphatic heterocycles. The highest BCUT2D eigenvalue weighted by molar-refractivity contribution is 6.31. The topological polar surface area (TPSA) is 39.6 Å². The van der Waals surface area contributed by atoms with Gasteiger partial charge in [0.05, 0.1) is 5.52 Å². The lowest BCUT2D eigenvalue weighted by Gasteiger charge is -2.32. The molecule has 0 spiro atoms. The summed E-state index contributed by atoms with van der Waals surface area (Å²) in [6.45, 7) is 11.5. The van der Waals surface area contributed by atoms with E-state index in [0.717, 1.165) is 48.7 Å². The third-order valence-electron chi connectivity index (χ3n) is 6.29. The van der Waals surface area contributed by atoms with Gasteiger partial charge in [0.15, 0.2) is 5.82 Å². The van der Waals surface area contributed by atoms with Crippen LogP contribution in [0, 0.1) is 0 Å². The van der Waals surface area contributed by atoms with Gasteiger partial charge in [0.2, 0.25) is 0 Å². The summed E-state index contributed by atoms with van der Waals surface area (Å²) in [5.41, 5.74) is 1.18. The van der Waals surface area contributed by atoms with Gasteiger partial charge in [0.25, 0.3) is 0 Å². The van der Waals surface area contributed by atoms with E-state index in [1.807, 2.05) is 12.1 Å². The fourth-order valence-corrected chi connectivity index (χ4v) is 4.66. The van der Waals surface area contributed by atoms with Gasteiger partial charge in [0, 0.05) is 49.7 Å². The van der Waals surface area contributed by atoms with E-state index in [0.29, 0.717) is 0 Å². The van der Waals surface area contributed by atoms with Crippen LogP contribution in [-0.2, 0) is 6.54 Å². The zero-order chi connectivity index (χ0) is 20.1. The lowest BCUT2D eigenvalue weighted by atomic mass is 10.2. The van der Waals surface area contributed by atoms with E-state index < -0.39 is 0 Å². The van der Waals surface area contributed by atoms with Crippen molar-refractivity contribution < 1.29 is 0 Å². The van der Waals surface area contributed by atoms with Crippen molar-refractivity contribution in [3.63, 3.8) is 0 Å². The third-order valence-corrected chi connectivity index (χ3v) is 6.53. The van der Waals surface area contributed by atoms with Crippen molar-refractivity contribution >= 4 is 28.3 Å². The Labute approximate surface area is 179 Å². The van der Waals surface area contributed by atoms with Gasteiger partial charge in [-0.3, -0.25) is 4.68 Å². The molecule has 160 valence electrons. The highest BCUT2D eigenvalue weighted by Gasteiger charge is 2.15. The number of benzene rings is 1. The van der Waals surface area contributed by atoms with Crippen LogP contribution >= 0.6 is 11.6 Å². The van der Waals surface area contributed by atoms with Gasteiger partial charge in [0.1, 0.15) is 0 Å². The van der Waals surface area contributed by atoms with Crippen molar-refractivity contribution in [3.8, 4) is 0 Å². The van der Waals surface area contributed by atoms with Crippen molar-refractivity contribution in [2.24, 2.45) is 0 Å². The highest BCUT2D eigenvalue weighted by Crippen LogP contribution is 2.26. The number of hydrogen-bond donors (Lipinski definition) is 1. The van der Waals surface area contributed by atoms with E-state index in [9.17, 15) is 0 Å². The SMILES string of the molecule is CN1CCN(CCCNc2nn(CCCN3CCCC3)c3ccc(Cl)cc23)CC1. The van der Waals surface area contributed by atoms with Gasteiger partial charge in [-0.15, -0.1) is 0 Å². The van der Waals surface area contributed by atoms with Crippen LogP contribution in [0.15, 0.2) is 18.2 Å². The van der Waals surface area contributed by atoms with Gasteiger partial charge in [-0.2, -0.15) is 5.10 Å². The number of rotatable bonds is 9. The van der Waals surface area contributed by atoms with Gasteiger partial charge >= 0.3 is 0 Å². The van der Waals surface area contributed by atoms with Crippen LogP contribution in [-0.4, -0.2) is 90.4 Å². The Bertz CT molecular complexity index is 777. The molecule has 2 fully saturated rings. The van der Waals surface area contributed by atoms with Crippen LogP contribution in [0.2, 0.25) is 5.02 Å². The molecule has 0 bridgehead atoms. The first kappa shape index (κ1) is 20.9. The largest absolute Gasteiger partial charge is 0.368 e. The average molecular weight is 419 g/mol. The number of halogens is 1. The first-order valence-electron chi connectivity index (χ1n) is 11.2. The van der Waals surface area contributed by atoms with E-state index in [1.54, 1.807) is 0 Å². The lowest BCUT2D eigenvalue weighted by molar-refractivity contribution is 0.154. The van der Waals surface area contributed by atoms with Crippen LogP contribution in [0.25, 0.3) is 10.9 Å². The van der Waals surface area contributed by atoms with E-state index in [4.69, 9.17) is 16.7 Å². The zero-order valence-corrected chi connectivity index (χ0v) is 18.5. The maximum absolute atomic E-state index is 6.28. The molecule has 1 aromatic heterocycles. The van der Waals surface area contributed by atoms with Crippen molar-refractivity contribution in [1.82, 2.24) is 24.5 Å². The summed E-state index contributed by atoms with van der Waals surface area (Å²) in [4.78, 5) is 7.54. The maximum Gasteiger partial charge on any atom is 0.156 e. The normalized spacial score (nSPS) is 19.4. The Hall–Kier alpha value is -1.34. The number of piperazine rings is 1. The molecule has 6 nitrogen and oxygen atoms in total. The minimum Gasteiger partial charge on any atom is -0.368 e. The molecule has 1 aromatic carbocycles. The summed E-state index contributed by atoms with van der Waals surface area (Å²) in [5.74, 6) is 0.974. The second kappa shape index (κ2) is 10.1. The van der Waals surface area contributed by atoms with Gasteiger partial charge in [-0.1, -0.05) is 11.6 Å². The number of likely N-dealkylation sites (N-methyl/N-ethyl adjacent to an activating group) is 1. The third kappa shape index (κ3) is 5.63. The molecule has 2 aromatic rings. The van der Waals surface area contributed by atoms with Crippen LogP contribution < -0.4 is 5.32 Å². The predicted molar refractivity (Wildman–Crippen MR) is 122 cm³/mol. The second-order valence-corrected chi connectivity index (χ2v) is 9.00. The van der Waals surface area contributed by atoms with Crippen LogP contribution in [0.4, 0.5) is 5.82 Å². The molecule has 0 atom stereocenters. The minimum atomic E-state index is 0.773. The molecule has 7 heteroatoms. The Morgan fingerprint density at radius 3 is 2.45 bits per heavy atom. The summed E-state index contributed by atoms with van der Waals surface area (Å²) < 4.78 is 2.16. The molecule has 0 amide bonds. The predicted octanol–water partition coefficient (Wildman–Crippen LogP) is 3.23. The quantitative estimate of drug-likeness (QED) is 0.633. The Morgan fingerprint density at radius 1 is 0.931 bits per heavy atom. The summed E-state index contributed by atoms with van der Waals surface area (Å²) in [5, 5.41) is 10.4. The summed E-state index contributed by atoms with van der Waals surface area (Å²) >= 11 is 6.28. The van der Waals surface area contributed by atoms with Crippen LogP contribution in [0.3, 0.4) is 0 Å². The van der Waals surface area contributed by atoms with Gasteiger partial charge in [-0.25, -0.2) is 0 Å². The Balaban J connectivity index is 1.32. The molecule has 4 rings (SSSR count). The Kier molecular flexibility index (Phi) is 7.29. The smallest absolute Gasteiger partial charge is 0.156 e. The molecule has 29 heavy (non-hydrogen) atoms. The lowest BCUT2D eigenvalue weighted by Crippen LogP contribution is -2.44. The standard InChI is InChI=1S/C22H35ClN6/c1-26-14-16-28(17-15-26)11-4-8-24-22-20-18-19(23)6-7-21(20)29(25-22)13-5-12-27-9-2-3-10-27/h6-7,18H,2-5,8-17H2,1H3,(H,24,25). The molecule has 0 unspecified atom stereocenters. The summed E-state index contributed by atoms with van der Waals surface area (Å²) in [6.07, 6.45) is 4.98. The molecule has 0 aliphatic carbocycles. The van der Waals surface area contributed by atoms with Crippen molar-refractivity contribution in [2.45, 2.75) is 32.2 Å². The van der Waals surface area contributed by atoms with E-state index in [2.05, 4.69) is 37.8 Å². The number of fused-ring (bicyclic) bond motifs is 1. The van der Waals surface area contributed by atoms with Gasteiger partial charge in [-0.05, 0) is 77.1 Å². The molecule has 3 heterocycles. The first-order valence-corrected chi connectivity index (χ1v) is 11.6. The summed E-state index contributed by atoms with van der Waals surface area (Å²) in [6, 6.07) is 6.12. The molecular formula is C22H35ClN6. The fourth-order valence-electron chi connectivity index (χ4n) is 4.48. The first-order chi connectivity index (χ1) is 14.2. The number of nitrogens with zero attached hydrogens (tertiary/aromatic N) is 5. The number of nitrogens with one attached hydrogen (secondary N) is 1. The number of aryl methyl sites for hydroxylation is 1. The molecule has 0 saturated carbocycles. The highest BCUT2D eigenvalue weighted by atomic mass is 35.5.